The minimum atomic E-state index is -0.419. The van der Waals surface area contributed by atoms with Crippen molar-refractivity contribution in [2.24, 2.45) is 0 Å². The first-order chi connectivity index (χ1) is 13.6. The molecule has 0 fully saturated rings. The van der Waals surface area contributed by atoms with E-state index in [9.17, 15) is 9.59 Å². The minimum Gasteiger partial charge on any atom is -0.497 e. The largest absolute Gasteiger partial charge is 0.497 e. The first-order valence-corrected chi connectivity index (χ1v) is 10.1. The number of esters is 1. The summed E-state index contributed by atoms with van der Waals surface area (Å²) in [5.41, 5.74) is 3.80. The van der Waals surface area contributed by atoms with Crippen molar-refractivity contribution in [2.45, 2.75) is 58.3 Å². The molecule has 3 rings (SSSR count). The monoisotopic (exact) mass is 383 g/mol. The zero-order chi connectivity index (χ0) is 20.1. The fraction of sp³-hybridized carbons (Fsp3) is 0.478. The maximum absolute atomic E-state index is 13.0. The van der Waals surface area contributed by atoms with E-state index in [-0.39, 0.29) is 11.8 Å². The Bertz CT molecular complexity index is 822. The van der Waals surface area contributed by atoms with Gasteiger partial charge in [-0.2, -0.15) is 0 Å². The van der Waals surface area contributed by atoms with Gasteiger partial charge in [-0.3, -0.25) is 4.79 Å². The molecule has 0 unspecified atom stereocenters. The number of carbonyl (C=O) groups excluding carboxylic acids is 2. The van der Waals surface area contributed by atoms with Gasteiger partial charge in [0.1, 0.15) is 5.75 Å². The van der Waals surface area contributed by atoms with E-state index >= 15 is 0 Å². The molecule has 0 aromatic heterocycles. The number of methoxy groups -OCH3 is 1. The zero-order valence-corrected chi connectivity index (χ0v) is 17.0. The molecular weight excluding hydrogens is 354 g/mol. The van der Waals surface area contributed by atoms with Crippen LogP contribution in [-0.2, 0) is 14.3 Å². The van der Waals surface area contributed by atoms with Crippen LogP contribution in [0.25, 0.3) is 0 Å². The third-order valence-electron chi connectivity index (χ3n) is 5.40. The van der Waals surface area contributed by atoms with Crippen LogP contribution in [0.15, 0.2) is 46.8 Å². The summed E-state index contributed by atoms with van der Waals surface area (Å²) in [5.74, 6) is 0.0387. The summed E-state index contributed by atoms with van der Waals surface area (Å²) in [6.45, 7) is 4.40. The molecule has 1 aromatic carbocycles. The van der Waals surface area contributed by atoms with Crippen LogP contribution in [0.3, 0.4) is 0 Å². The topological polar surface area (TPSA) is 64.6 Å². The third kappa shape index (κ3) is 4.13. The standard InChI is InChI=1S/C23H29NO4/c1-4-5-6-13-28-23(26)20-15(2)24-18-11-8-12-19(25)22(18)21(20)16-9-7-10-17(14-16)27-3/h7,9-10,14,21,24H,4-6,8,11-13H2,1-3H3/t21-/m0/s1. The highest BCUT2D eigenvalue weighted by atomic mass is 16.5. The van der Waals surface area contributed by atoms with E-state index < -0.39 is 5.92 Å². The molecule has 1 aliphatic carbocycles. The summed E-state index contributed by atoms with van der Waals surface area (Å²) in [4.78, 5) is 25.8. The van der Waals surface area contributed by atoms with Crippen molar-refractivity contribution in [3.05, 3.63) is 52.4 Å². The molecule has 0 bridgehead atoms. The summed E-state index contributed by atoms with van der Waals surface area (Å²) in [6.07, 6.45) is 5.10. The van der Waals surface area contributed by atoms with Crippen molar-refractivity contribution in [2.75, 3.05) is 13.7 Å². The smallest absolute Gasteiger partial charge is 0.336 e. The highest BCUT2D eigenvalue weighted by Crippen LogP contribution is 2.43. The lowest BCUT2D eigenvalue weighted by Gasteiger charge is -2.34. The van der Waals surface area contributed by atoms with Crippen LogP contribution in [0.2, 0.25) is 0 Å². The molecule has 1 atom stereocenters. The fourth-order valence-corrected chi connectivity index (χ4v) is 4.00. The Hall–Kier alpha value is -2.56. The molecule has 28 heavy (non-hydrogen) atoms. The van der Waals surface area contributed by atoms with Crippen molar-refractivity contribution in [3.63, 3.8) is 0 Å². The summed E-state index contributed by atoms with van der Waals surface area (Å²) >= 11 is 0. The van der Waals surface area contributed by atoms with Crippen LogP contribution in [-0.4, -0.2) is 25.5 Å². The molecule has 2 aliphatic rings. The maximum atomic E-state index is 13.0. The van der Waals surface area contributed by atoms with Gasteiger partial charge in [-0.05, 0) is 43.9 Å². The Morgan fingerprint density at radius 1 is 1.25 bits per heavy atom. The highest BCUT2D eigenvalue weighted by molar-refractivity contribution is 6.03. The van der Waals surface area contributed by atoms with Gasteiger partial charge in [0.2, 0.25) is 0 Å². The van der Waals surface area contributed by atoms with Gasteiger partial charge in [-0.1, -0.05) is 31.9 Å². The molecule has 0 spiro atoms. The van der Waals surface area contributed by atoms with E-state index in [1.54, 1.807) is 7.11 Å². The second kappa shape index (κ2) is 9.09. The number of hydrogen-bond donors (Lipinski definition) is 1. The molecule has 0 amide bonds. The van der Waals surface area contributed by atoms with E-state index in [2.05, 4.69) is 12.2 Å². The Balaban J connectivity index is 2.00. The predicted molar refractivity (Wildman–Crippen MR) is 108 cm³/mol. The predicted octanol–water partition coefficient (Wildman–Crippen LogP) is 4.40. The highest BCUT2D eigenvalue weighted by Gasteiger charge is 2.39. The number of dihydropyridines is 1. The molecular formula is C23H29NO4. The van der Waals surface area contributed by atoms with Crippen LogP contribution in [0.5, 0.6) is 5.75 Å². The number of hydrogen-bond acceptors (Lipinski definition) is 5. The molecule has 1 heterocycles. The van der Waals surface area contributed by atoms with Gasteiger partial charge in [0, 0.05) is 29.3 Å². The number of Topliss-reactive ketones (excluding diaryl/α,β-unsaturated/α-hetero) is 1. The van der Waals surface area contributed by atoms with Gasteiger partial charge < -0.3 is 14.8 Å². The van der Waals surface area contributed by atoms with E-state index in [1.807, 2.05) is 31.2 Å². The quantitative estimate of drug-likeness (QED) is 0.559. The molecule has 5 heteroatoms. The average molecular weight is 383 g/mol. The first-order valence-electron chi connectivity index (χ1n) is 10.1. The summed E-state index contributed by atoms with van der Waals surface area (Å²) < 4.78 is 10.9. The minimum absolute atomic E-state index is 0.102. The number of benzene rings is 1. The molecule has 1 aromatic rings. The van der Waals surface area contributed by atoms with Gasteiger partial charge in [0.05, 0.1) is 19.3 Å². The van der Waals surface area contributed by atoms with Crippen LogP contribution < -0.4 is 10.1 Å². The van der Waals surface area contributed by atoms with E-state index in [1.165, 1.54) is 0 Å². The normalized spacial score (nSPS) is 19.2. The number of unbranched alkanes of at least 4 members (excludes halogenated alkanes) is 2. The fourth-order valence-electron chi connectivity index (χ4n) is 4.00. The number of ketones is 1. The Morgan fingerprint density at radius 2 is 2.07 bits per heavy atom. The SMILES string of the molecule is CCCCCOC(=O)C1=C(C)NC2=C(C(=O)CCC2)[C@H]1c1cccc(OC)c1. The van der Waals surface area contributed by atoms with Gasteiger partial charge >= 0.3 is 5.97 Å². The van der Waals surface area contributed by atoms with Gasteiger partial charge in [0.25, 0.3) is 0 Å². The van der Waals surface area contributed by atoms with Crippen LogP contribution in [0, 0.1) is 0 Å². The number of allylic oxidation sites excluding steroid dienone is 3. The van der Waals surface area contributed by atoms with E-state index in [4.69, 9.17) is 9.47 Å². The summed E-state index contributed by atoms with van der Waals surface area (Å²) in [6, 6.07) is 7.61. The number of ether oxygens (including phenoxy) is 2. The molecule has 0 saturated carbocycles. The van der Waals surface area contributed by atoms with E-state index in [0.29, 0.717) is 29.9 Å². The Morgan fingerprint density at radius 3 is 2.82 bits per heavy atom. The van der Waals surface area contributed by atoms with Crippen LogP contribution >= 0.6 is 0 Å². The molecule has 0 radical (unpaired) electrons. The number of nitrogens with one attached hydrogen (secondary N) is 1. The van der Waals surface area contributed by atoms with Crippen molar-refractivity contribution in [3.8, 4) is 5.75 Å². The Labute approximate surface area is 166 Å². The molecule has 1 N–H and O–H groups in total. The lowest BCUT2D eigenvalue weighted by molar-refractivity contribution is -0.139. The molecule has 0 saturated heterocycles. The second-order valence-corrected chi connectivity index (χ2v) is 7.39. The van der Waals surface area contributed by atoms with Gasteiger partial charge in [-0.15, -0.1) is 0 Å². The third-order valence-corrected chi connectivity index (χ3v) is 5.40. The van der Waals surface area contributed by atoms with Crippen molar-refractivity contribution in [1.29, 1.82) is 0 Å². The Kier molecular flexibility index (Phi) is 6.55. The summed E-state index contributed by atoms with van der Waals surface area (Å²) in [5, 5.41) is 3.32. The van der Waals surface area contributed by atoms with Crippen molar-refractivity contribution >= 4 is 11.8 Å². The molecule has 5 nitrogen and oxygen atoms in total. The first kappa shape index (κ1) is 20.2. The lowest BCUT2D eigenvalue weighted by atomic mass is 9.75. The van der Waals surface area contributed by atoms with Crippen molar-refractivity contribution in [1.82, 2.24) is 5.32 Å². The number of rotatable bonds is 7. The summed E-state index contributed by atoms with van der Waals surface area (Å²) in [7, 11) is 1.61. The number of carbonyl (C=O) groups is 2. The molecule has 1 aliphatic heterocycles. The van der Waals surface area contributed by atoms with Crippen LogP contribution in [0.4, 0.5) is 0 Å². The van der Waals surface area contributed by atoms with E-state index in [0.717, 1.165) is 49.1 Å². The zero-order valence-electron chi connectivity index (χ0n) is 17.0. The average Bonchev–Trinajstić information content (AvgIpc) is 2.70. The van der Waals surface area contributed by atoms with Gasteiger partial charge in [-0.25, -0.2) is 4.79 Å². The molecule has 150 valence electrons. The maximum Gasteiger partial charge on any atom is 0.336 e. The lowest BCUT2D eigenvalue weighted by Crippen LogP contribution is -2.34. The van der Waals surface area contributed by atoms with Crippen LogP contribution in [0.1, 0.15) is 63.9 Å². The second-order valence-electron chi connectivity index (χ2n) is 7.39. The van der Waals surface area contributed by atoms with Crippen molar-refractivity contribution < 1.29 is 19.1 Å². The van der Waals surface area contributed by atoms with Gasteiger partial charge in [0.15, 0.2) is 5.78 Å².